The van der Waals surface area contributed by atoms with Gasteiger partial charge < -0.3 is 20.5 Å². The lowest BCUT2D eigenvalue weighted by Gasteiger charge is -2.19. The highest BCUT2D eigenvalue weighted by atomic mass is 16.5. The average Bonchev–Trinajstić information content (AvgIpc) is 2.18. The highest BCUT2D eigenvalue weighted by molar-refractivity contribution is 5.90. The molecule has 0 aromatic carbocycles. The van der Waals surface area contributed by atoms with Gasteiger partial charge in [-0.3, -0.25) is 0 Å². The van der Waals surface area contributed by atoms with E-state index in [1.54, 1.807) is 6.92 Å². The number of amides is 2. The van der Waals surface area contributed by atoms with Gasteiger partial charge in [-0.25, -0.2) is 9.59 Å². The molecule has 0 aromatic heterocycles. The molecule has 3 N–H and O–H groups in total. The molecule has 0 aromatic rings. The van der Waals surface area contributed by atoms with Gasteiger partial charge in [-0.1, -0.05) is 0 Å². The highest BCUT2D eigenvalue weighted by Crippen LogP contribution is 2.15. The summed E-state index contributed by atoms with van der Waals surface area (Å²) in [6, 6.07) is -0.711. The van der Waals surface area contributed by atoms with E-state index in [1.165, 1.54) is 0 Å². The van der Waals surface area contributed by atoms with Crippen LogP contribution in [0.25, 0.3) is 0 Å². The Bertz CT molecular complexity index is 298. The quantitative estimate of drug-likeness (QED) is 0.641. The number of carbonyl (C=O) groups excluding carboxylic acids is 2. The molecule has 0 spiro atoms. The average molecular weight is 214 g/mol. The Kier molecular flexibility index (Phi) is 4.11. The molecule has 15 heavy (non-hydrogen) atoms. The fourth-order valence-electron chi connectivity index (χ4n) is 1.29. The number of carbonyl (C=O) groups is 2. The fourth-order valence-corrected chi connectivity index (χ4v) is 1.29. The van der Waals surface area contributed by atoms with Crippen LogP contribution in [0.4, 0.5) is 4.79 Å². The molecule has 0 aliphatic carbocycles. The Labute approximate surface area is 87.4 Å². The first-order valence-corrected chi connectivity index (χ1v) is 4.68. The van der Waals surface area contributed by atoms with Gasteiger partial charge in [-0.2, -0.15) is 0 Å². The second-order valence-corrected chi connectivity index (χ2v) is 2.97. The number of nitrogens with two attached hydrogens (primary N) is 1. The van der Waals surface area contributed by atoms with Crippen LogP contribution in [-0.2, 0) is 14.3 Å². The number of urea groups is 1. The Balaban J connectivity index is 2.80. The van der Waals surface area contributed by atoms with Crippen molar-refractivity contribution in [3.63, 3.8) is 0 Å². The predicted octanol–water partition coefficient (Wildman–Crippen LogP) is -0.108. The standard InChI is InChI=1S/C9H14N2O4/c1-2-15-8(12)6-3-4-14-5-7(6)11-9(10)13/h2-5H2,1H3,(H3,10,11,13). The number of hydrogen-bond donors (Lipinski definition) is 2. The Morgan fingerprint density at radius 2 is 2.33 bits per heavy atom. The molecular weight excluding hydrogens is 200 g/mol. The van der Waals surface area contributed by atoms with E-state index in [4.69, 9.17) is 15.2 Å². The van der Waals surface area contributed by atoms with Crippen molar-refractivity contribution >= 4 is 12.0 Å². The molecule has 0 bridgehead atoms. The fraction of sp³-hybridized carbons (Fsp3) is 0.556. The minimum Gasteiger partial charge on any atom is -0.463 e. The molecule has 0 saturated heterocycles. The zero-order valence-electron chi connectivity index (χ0n) is 8.54. The first-order valence-electron chi connectivity index (χ1n) is 4.68. The molecule has 1 heterocycles. The number of rotatable bonds is 3. The largest absolute Gasteiger partial charge is 0.463 e. The van der Waals surface area contributed by atoms with Crippen LogP contribution < -0.4 is 11.1 Å². The van der Waals surface area contributed by atoms with E-state index >= 15 is 0 Å². The minimum absolute atomic E-state index is 0.178. The minimum atomic E-state index is -0.711. The van der Waals surface area contributed by atoms with Crippen molar-refractivity contribution in [2.75, 3.05) is 19.8 Å². The summed E-state index contributed by atoms with van der Waals surface area (Å²) < 4.78 is 9.95. The van der Waals surface area contributed by atoms with E-state index in [0.29, 0.717) is 30.9 Å². The lowest BCUT2D eigenvalue weighted by Crippen LogP contribution is -2.35. The van der Waals surface area contributed by atoms with Crippen LogP contribution in [0.1, 0.15) is 13.3 Å². The third-order valence-electron chi connectivity index (χ3n) is 1.90. The van der Waals surface area contributed by atoms with E-state index in [-0.39, 0.29) is 6.61 Å². The molecular formula is C9H14N2O4. The summed E-state index contributed by atoms with van der Waals surface area (Å²) in [4.78, 5) is 22.1. The summed E-state index contributed by atoms with van der Waals surface area (Å²) in [6.07, 6.45) is 0.425. The van der Waals surface area contributed by atoms with E-state index in [9.17, 15) is 9.59 Å². The van der Waals surface area contributed by atoms with Gasteiger partial charge >= 0.3 is 12.0 Å². The van der Waals surface area contributed by atoms with Crippen LogP contribution in [0.15, 0.2) is 11.3 Å². The van der Waals surface area contributed by atoms with Crippen molar-refractivity contribution in [2.24, 2.45) is 5.73 Å². The molecule has 6 heteroatoms. The van der Waals surface area contributed by atoms with Crippen molar-refractivity contribution in [3.05, 3.63) is 11.3 Å². The van der Waals surface area contributed by atoms with Gasteiger partial charge in [0.15, 0.2) is 0 Å². The normalized spacial score (nSPS) is 16.1. The summed E-state index contributed by atoms with van der Waals surface area (Å²) in [6.45, 7) is 2.64. The third-order valence-corrected chi connectivity index (χ3v) is 1.90. The topological polar surface area (TPSA) is 90.6 Å². The highest BCUT2D eigenvalue weighted by Gasteiger charge is 2.21. The summed E-state index contributed by atoms with van der Waals surface area (Å²) in [7, 11) is 0. The number of primary amides is 1. The van der Waals surface area contributed by atoms with Gasteiger partial charge in [-0.15, -0.1) is 0 Å². The molecule has 0 radical (unpaired) electrons. The van der Waals surface area contributed by atoms with Gasteiger partial charge in [0.2, 0.25) is 0 Å². The number of ether oxygens (including phenoxy) is 2. The van der Waals surface area contributed by atoms with Gasteiger partial charge in [0.25, 0.3) is 0 Å². The van der Waals surface area contributed by atoms with E-state index in [1.807, 2.05) is 0 Å². The smallest absolute Gasteiger partial charge is 0.335 e. The molecule has 0 unspecified atom stereocenters. The van der Waals surface area contributed by atoms with Crippen LogP contribution in [0, 0.1) is 0 Å². The van der Waals surface area contributed by atoms with Crippen molar-refractivity contribution in [1.29, 1.82) is 0 Å². The molecule has 0 saturated carbocycles. The monoisotopic (exact) mass is 214 g/mol. The van der Waals surface area contributed by atoms with Crippen molar-refractivity contribution in [1.82, 2.24) is 5.32 Å². The molecule has 1 rings (SSSR count). The van der Waals surface area contributed by atoms with Crippen LogP contribution in [0.5, 0.6) is 0 Å². The van der Waals surface area contributed by atoms with Crippen molar-refractivity contribution < 1.29 is 19.1 Å². The second kappa shape index (κ2) is 5.35. The SMILES string of the molecule is CCOC(=O)C1=C(NC(N)=O)COCC1. The molecule has 1 aliphatic heterocycles. The molecule has 6 nitrogen and oxygen atoms in total. The number of hydrogen-bond acceptors (Lipinski definition) is 4. The summed E-state index contributed by atoms with van der Waals surface area (Å²) in [5.74, 6) is -0.426. The molecule has 0 fully saturated rings. The first-order chi connectivity index (χ1) is 7.15. The first kappa shape index (κ1) is 11.5. The molecule has 2 amide bonds. The maximum Gasteiger partial charge on any atom is 0.335 e. The van der Waals surface area contributed by atoms with Gasteiger partial charge in [0.05, 0.1) is 31.1 Å². The lowest BCUT2D eigenvalue weighted by molar-refractivity contribution is -0.139. The second-order valence-electron chi connectivity index (χ2n) is 2.97. The predicted molar refractivity (Wildman–Crippen MR) is 51.8 cm³/mol. The van der Waals surface area contributed by atoms with Crippen molar-refractivity contribution in [3.8, 4) is 0 Å². The molecule has 0 atom stereocenters. The lowest BCUT2D eigenvalue weighted by atomic mass is 10.1. The third kappa shape index (κ3) is 3.25. The van der Waals surface area contributed by atoms with Crippen LogP contribution in [0.3, 0.4) is 0 Å². The summed E-state index contributed by atoms with van der Waals surface area (Å²) in [5, 5.41) is 2.36. The van der Waals surface area contributed by atoms with Gasteiger partial charge in [-0.05, 0) is 6.92 Å². The van der Waals surface area contributed by atoms with Crippen LogP contribution >= 0.6 is 0 Å². The van der Waals surface area contributed by atoms with Crippen LogP contribution in [-0.4, -0.2) is 31.8 Å². The number of nitrogens with one attached hydrogen (secondary N) is 1. The van der Waals surface area contributed by atoms with E-state index in [2.05, 4.69) is 5.32 Å². The zero-order valence-corrected chi connectivity index (χ0v) is 8.54. The Morgan fingerprint density at radius 3 is 2.93 bits per heavy atom. The van der Waals surface area contributed by atoms with Gasteiger partial charge in [0, 0.05) is 6.42 Å². The zero-order chi connectivity index (χ0) is 11.3. The summed E-state index contributed by atoms with van der Waals surface area (Å²) >= 11 is 0. The Morgan fingerprint density at radius 1 is 1.60 bits per heavy atom. The van der Waals surface area contributed by atoms with E-state index in [0.717, 1.165) is 0 Å². The summed E-state index contributed by atoms with van der Waals surface area (Å²) in [5.41, 5.74) is 5.80. The Hall–Kier alpha value is -1.56. The maximum absolute atomic E-state index is 11.5. The number of esters is 1. The molecule has 1 aliphatic rings. The van der Waals surface area contributed by atoms with Gasteiger partial charge in [0.1, 0.15) is 0 Å². The molecule has 84 valence electrons. The van der Waals surface area contributed by atoms with E-state index < -0.39 is 12.0 Å². The van der Waals surface area contributed by atoms with Crippen LogP contribution in [0.2, 0.25) is 0 Å². The van der Waals surface area contributed by atoms with Crippen molar-refractivity contribution in [2.45, 2.75) is 13.3 Å². The maximum atomic E-state index is 11.5.